The van der Waals surface area contributed by atoms with Gasteiger partial charge in [-0.3, -0.25) is 4.79 Å². The highest BCUT2D eigenvalue weighted by Crippen LogP contribution is 2.23. The SMILES string of the molecule is CCCCCCCCCCCCCC(=O)NC(c1ccccc1)[N+](C)(C)CCC. The van der Waals surface area contributed by atoms with Crippen LogP contribution < -0.4 is 5.32 Å². The van der Waals surface area contributed by atoms with Crippen molar-refractivity contribution in [2.24, 2.45) is 0 Å². The summed E-state index contributed by atoms with van der Waals surface area (Å²) >= 11 is 0. The van der Waals surface area contributed by atoms with Crippen LogP contribution in [-0.2, 0) is 4.79 Å². The Morgan fingerprint density at radius 2 is 1.31 bits per heavy atom. The van der Waals surface area contributed by atoms with Crippen molar-refractivity contribution in [3.63, 3.8) is 0 Å². The number of nitrogens with one attached hydrogen (secondary N) is 1. The highest BCUT2D eigenvalue weighted by Gasteiger charge is 2.30. The molecule has 1 rings (SSSR count). The van der Waals surface area contributed by atoms with Crippen LogP contribution in [0.2, 0.25) is 0 Å². The molecule has 0 bridgehead atoms. The van der Waals surface area contributed by atoms with Crippen LogP contribution in [0.25, 0.3) is 0 Å². The van der Waals surface area contributed by atoms with Gasteiger partial charge in [0.05, 0.1) is 20.6 Å². The van der Waals surface area contributed by atoms with E-state index in [-0.39, 0.29) is 12.1 Å². The first-order chi connectivity index (χ1) is 14.0. The third kappa shape index (κ3) is 11.4. The fourth-order valence-corrected chi connectivity index (χ4v) is 4.18. The standard InChI is InChI=1S/C26H46N2O/c1-5-7-8-9-10-11-12-13-14-15-19-22-25(29)27-26(28(3,4)23-6-2)24-20-17-16-18-21-24/h16-18,20-21,26H,5-15,19,22-23H2,1-4H3/p+1. The van der Waals surface area contributed by atoms with Crippen LogP contribution in [0.3, 0.4) is 0 Å². The fourth-order valence-electron chi connectivity index (χ4n) is 4.18. The summed E-state index contributed by atoms with van der Waals surface area (Å²) in [6.45, 7) is 5.51. The maximum absolute atomic E-state index is 12.6. The molecule has 0 aliphatic rings. The number of amides is 1. The van der Waals surface area contributed by atoms with Crippen LogP contribution in [0.5, 0.6) is 0 Å². The van der Waals surface area contributed by atoms with Crippen LogP contribution in [0.1, 0.15) is 109 Å². The zero-order chi connectivity index (χ0) is 21.4. The van der Waals surface area contributed by atoms with Crippen LogP contribution in [0.15, 0.2) is 30.3 Å². The molecule has 1 N–H and O–H groups in total. The van der Waals surface area contributed by atoms with E-state index in [9.17, 15) is 4.79 Å². The molecule has 3 heteroatoms. The highest BCUT2D eigenvalue weighted by molar-refractivity contribution is 5.76. The van der Waals surface area contributed by atoms with E-state index < -0.39 is 0 Å². The summed E-state index contributed by atoms with van der Waals surface area (Å²) in [5, 5.41) is 3.33. The molecule has 0 aliphatic carbocycles. The van der Waals surface area contributed by atoms with Gasteiger partial charge in [0.2, 0.25) is 5.91 Å². The second-order valence-corrected chi connectivity index (χ2v) is 9.17. The maximum Gasteiger partial charge on any atom is 0.224 e. The van der Waals surface area contributed by atoms with Gasteiger partial charge in [0.1, 0.15) is 0 Å². The Balaban J connectivity index is 2.27. The number of benzene rings is 1. The predicted octanol–water partition coefficient (Wildman–Crippen LogP) is 6.99. The summed E-state index contributed by atoms with van der Waals surface area (Å²) in [7, 11) is 4.42. The number of nitrogens with zero attached hydrogens (tertiary/aromatic N) is 1. The summed E-state index contributed by atoms with van der Waals surface area (Å²) in [5.74, 6) is 0.192. The molecule has 1 unspecified atom stereocenters. The molecule has 0 saturated carbocycles. The van der Waals surface area contributed by atoms with E-state index in [4.69, 9.17) is 0 Å². The van der Waals surface area contributed by atoms with Gasteiger partial charge < -0.3 is 9.80 Å². The largest absolute Gasteiger partial charge is 0.305 e. The molecule has 0 spiro atoms. The van der Waals surface area contributed by atoms with Crippen molar-refractivity contribution in [3.05, 3.63) is 35.9 Å². The third-order valence-corrected chi connectivity index (χ3v) is 5.92. The van der Waals surface area contributed by atoms with Crippen molar-refractivity contribution >= 4 is 5.91 Å². The van der Waals surface area contributed by atoms with Gasteiger partial charge in [0.25, 0.3) is 0 Å². The highest BCUT2D eigenvalue weighted by atomic mass is 16.1. The van der Waals surface area contributed by atoms with E-state index in [2.05, 4.69) is 57.5 Å². The van der Waals surface area contributed by atoms with Gasteiger partial charge in [0, 0.05) is 12.0 Å². The van der Waals surface area contributed by atoms with Crippen molar-refractivity contribution in [1.29, 1.82) is 0 Å². The van der Waals surface area contributed by atoms with Gasteiger partial charge in [-0.25, -0.2) is 0 Å². The third-order valence-electron chi connectivity index (χ3n) is 5.92. The Morgan fingerprint density at radius 3 is 1.83 bits per heavy atom. The number of unbranched alkanes of at least 4 members (excludes halogenated alkanes) is 10. The number of hydrogen-bond donors (Lipinski definition) is 1. The zero-order valence-corrected chi connectivity index (χ0v) is 19.7. The topological polar surface area (TPSA) is 29.1 Å². The van der Waals surface area contributed by atoms with Gasteiger partial charge in [0.15, 0.2) is 6.17 Å². The Kier molecular flexibility index (Phi) is 13.7. The summed E-state index contributed by atoms with van der Waals surface area (Å²) in [4.78, 5) is 12.6. The van der Waals surface area contributed by atoms with Crippen LogP contribution in [0.4, 0.5) is 0 Å². The molecule has 1 amide bonds. The van der Waals surface area contributed by atoms with Crippen molar-refractivity contribution in [2.45, 2.75) is 103 Å². The van der Waals surface area contributed by atoms with Gasteiger partial charge in [-0.15, -0.1) is 0 Å². The molecule has 0 aromatic heterocycles. The minimum atomic E-state index is 0.0244. The summed E-state index contributed by atoms with van der Waals surface area (Å²) in [6.07, 6.45) is 16.2. The van der Waals surface area contributed by atoms with Gasteiger partial charge in [-0.05, 0) is 12.8 Å². The van der Waals surface area contributed by atoms with E-state index in [1.807, 2.05) is 6.07 Å². The Bertz CT molecular complexity index is 527. The minimum Gasteiger partial charge on any atom is -0.305 e. The lowest BCUT2D eigenvalue weighted by atomic mass is 10.0. The second kappa shape index (κ2) is 15.5. The number of carbonyl (C=O) groups excluding carboxylic acids is 1. The summed E-state index contributed by atoms with van der Waals surface area (Å²) < 4.78 is 0.782. The first-order valence-corrected chi connectivity index (χ1v) is 12.2. The van der Waals surface area contributed by atoms with Gasteiger partial charge in [-0.1, -0.05) is 108 Å². The fraction of sp³-hybridized carbons (Fsp3) is 0.731. The Morgan fingerprint density at radius 1 is 0.793 bits per heavy atom. The molecule has 0 saturated heterocycles. The molecular weight excluding hydrogens is 356 g/mol. The van der Waals surface area contributed by atoms with Gasteiger partial charge >= 0.3 is 0 Å². The van der Waals surface area contributed by atoms with E-state index in [1.54, 1.807) is 0 Å². The quantitative estimate of drug-likeness (QED) is 0.169. The predicted molar refractivity (Wildman–Crippen MR) is 126 cm³/mol. The van der Waals surface area contributed by atoms with Gasteiger partial charge in [-0.2, -0.15) is 0 Å². The lowest BCUT2D eigenvalue weighted by Crippen LogP contribution is -2.51. The number of rotatable bonds is 17. The van der Waals surface area contributed by atoms with E-state index in [1.165, 1.54) is 69.8 Å². The van der Waals surface area contributed by atoms with Crippen LogP contribution in [-0.4, -0.2) is 31.0 Å². The first-order valence-electron chi connectivity index (χ1n) is 12.2. The second-order valence-electron chi connectivity index (χ2n) is 9.17. The minimum absolute atomic E-state index is 0.0244. The van der Waals surface area contributed by atoms with Crippen molar-refractivity contribution < 1.29 is 9.28 Å². The number of quaternary nitrogens is 1. The summed E-state index contributed by atoms with van der Waals surface area (Å²) in [5.41, 5.74) is 1.19. The average molecular weight is 404 g/mol. The van der Waals surface area contributed by atoms with Crippen molar-refractivity contribution in [2.75, 3.05) is 20.6 Å². The molecule has 3 nitrogen and oxygen atoms in total. The lowest BCUT2D eigenvalue weighted by Gasteiger charge is -2.38. The van der Waals surface area contributed by atoms with Crippen LogP contribution >= 0.6 is 0 Å². The molecule has 0 fully saturated rings. The number of carbonyl (C=O) groups is 1. The molecule has 0 heterocycles. The number of hydrogen-bond acceptors (Lipinski definition) is 1. The first kappa shape index (κ1) is 25.7. The molecule has 0 aliphatic heterocycles. The molecule has 166 valence electrons. The molecular formula is C26H47N2O+. The van der Waals surface area contributed by atoms with E-state index in [0.29, 0.717) is 6.42 Å². The average Bonchev–Trinajstić information content (AvgIpc) is 2.70. The maximum atomic E-state index is 12.6. The smallest absolute Gasteiger partial charge is 0.224 e. The van der Waals surface area contributed by atoms with Crippen molar-refractivity contribution in [1.82, 2.24) is 5.32 Å². The van der Waals surface area contributed by atoms with E-state index in [0.717, 1.165) is 23.9 Å². The Labute approximate surface area is 180 Å². The molecule has 29 heavy (non-hydrogen) atoms. The summed E-state index contributed by atoms with van der Waals surface area (Å²) in [6, 6.07) is 10.4. The Hall–Kier alpha value is -1.35. The lowest BCUT2D eigenvalue weighted by molar-refractivity contribution is -0.923. The van der Waals surface area contributed by atoms with E-state index >= 15 is 0 Å². The molecule has 0 radical (unpaired) electrons. The monoisotopic (exact) mass is 403 g/mol. The molecule has 1 aromatic carbocycles. The van der Waals surface area contributed by atoms with Crippen molar-refractivity contribution in [3.8, 4) is 0 Å². The normalized spacial score (nSPS) is 12.7. The zero-order valence-electron chi connectivity index (χ0n) is 19.7. The molecule has 1 atom stereocenters. The molecule has 1 aromatic rings. The van der Waals surface area contributed by atoms with Crippen LogP contribution in [0, 0.1) is 0 Å².